The molecule has 0 aliphatic rings. The molecule has 0 saturated heterocycles. The first-order valence-corrected chi connectivity index (χ1v) is 11.0. The molecule has 0 N–H and O–H groups in total. The van der Waals surface area contributed by atoms with Crippen LogP contribution in [0.25, 0.3) is 22.9 Å². The lowest BCUT2D eigenvalue weighted by Gasteiger charge is -2.27. The summed E-state index contributed by atoms with van der Waals surface area (Å²) >= 11 is 1.72. The van der Waals surface area contributed by atoms with Crippen molar-refractivity contribution in [2.45, 2.75) is 0 Å². The average Bonchev–Trinajstić information content (AvgIpc) is 3.34. The van der Waals surface area contributed by atoms with Crippen LogP contribution in [0.1, 0.15) is 11.1 Å². The fourth-order valence-electron chi connectivity index (χ4n) is 3.78. The molecule has 1 aromatic heterocycles. The molecule has 0 fully saturated rings. The Balaban J connectivity index is 1.68. The van der Waals surface area contributed by atoms with E-state index in [2.05, 4.69) is 131 Å². The quantitative estimate of drug-likeness (QED) is 0.284. The van der Waals surface area contributed by atoms with Crippen molar-refractivity contribution >= 4 is 51.3 Å². The van der Waals surface area contributed by atoms with E-state index >= 15 is 0 Å². The van der Waals surface area contributed by atoms with Crippen molar-refractivity contribution in [1.29, 1.82) is 0 Å². The van der Waals surface area contributed by atoms with Gasteiger partial charge >= 0.3 is 0 Å². The molecular formula is C28H21NS. The summed E-state index contributed by atoms with van der Waals surface area (Å²) in [4.78, 5) is 2.33. The van der Waals surface area contributed by atoms with Crippen molar-refractivity contribution in [3.8, 4) is 0 Å². The molecule has 2 heteroatoms. The Hall–Kier alpha value is -3.62. The van der Waals surface area contributed by atoms with Gasteiger partial charge in [0, 0.05) is 16.8 Å². The van der Waals surface area contributed by atoms with Crippen LogP contribution in [0.2, 0.25) is 0 Å². The molecule has 1 nitrogen and oxygen atoms in total. The largest absolute Gasteiger partial charge is 0.310 e. The molecule has 30 heavy (non-hydrogen) atoms. The van der Waals surface area contributed by atoms with E-state index in [0.29, 0.717) is 0 Å². The molecule has 0 saturated carbocycles. The van der Waals surface area contributed by atoms with E-state index in [1.807, 2.05) is 0 Å². The molecule has 0 radical (unpaired) electrons. The maximum atomic E-state index is 2.33. The first-order valence-electron chi connectivity index (χ1n) is 10.0. The van der Waals surface area contributed by atoms with Crippen LogP contribution in [0.4, 0.5) is 17.1 Å². The molecule has 4 aromatic carbocycles. The summed E-state index contributed by atoms with van der Waals surface area (Å²) in [6.07, 6.45) is 4.40. The summed E-state index contributed by atoms with van der Waals surface area (Å²) < 4.78 is 0. The topological polar surface area (TPSA) is 3.24 Å². The number of anilines is 3. The summed E-state index contributed by atoms with van der Waals surface area (Å²) in [5, 5.41) is 6.76. The van der Waals surface area contributed by atoms with Crippen molar-refractivity contribution < 1.29 is 0 Å². The monoisotopic (exact) mass is 403 g/mol. The van der Waals surface area contributed by atoms with Crippen molar-refractivity contribution in [3.05, 3.63) is 125 Å². The van der Waals surface area contributed by atoms with Gasteiger partial charge in [0.1, 0.15) is 0 Å². The van der Waals surface area contributed by atoms with Gasteiger partial charge in [0.05, 0.1) is 5.69 Å². The van der Waals surface area contributed by atoms with Crippen LogP contribution in [0.15, 0.2) is 114 Å². The summed E-state index contributed by atoms with van der Waals surface area (Å²) in [6.45, 7) is 0. The van der Waals surface area contributed by atoms with Crippen LogP contribution >= 0.6 is 11.3 Å². The molecule has 5 aromatic rings. The summed E-state index contributed by atoms with van der Waals surface area (Å²) in [5.41, 5.74) is 5.94. The Morgan fingerprint density at radius 2 is 1.20 bits per heavy atom. The standard InChI is InChI=1S/C28H21NS/c1-3-9-24(10-4-1)29(25-11-5-2-6-12-25)28-18-17-23(16-15-22-19-20-30-21-22)26-13-7-8-14-27(26)28/h1-21H. The van der Waals surface area contributed by atoms with Crippen LogP contribution in [-0.2, 0) is 0 Å². The molecule has 0 unspecified atom stereocenters. The number of nitrogens with zero attached hydrogens (tertiary/aromatic N) is 1. The first kappa shape index (κ1) is 18.4. The Labute approximate surface area is 181 Å². The first-order chi connectivity index (χ1) is 14.9. The molecular weight excluding hydrogens is 382 g/mol. The minimum Gasteiger partial charge on any atom is -0.310 e. The zero-order chi connectivity index (χ0) is 20.2. The Morgan fingerprint density at radius 3 is 1.83 bits per heavy atom. The van der Waals surface area contributed by atoms with Gasteiger partial charge in [0.15, 0.2) is 0 Å². The third-order valence-electron chi connectivity index (χ3n) is 5.20. The molecule has 0 atom stereocenters. The smallest absolute Gasteiger partial charge is 0.0540 e. The van der Waals surface area contributed by atoms with Gasteiger partial charge in [-0.2, -0.15) is 11.3 Å². The fourth-order valence-corrected chi connectivity index (χ4v) is 4.41. The van der Waals surface area contributed by atoms with Gasteiger partial charge in [0.2, 0.25) is 0 Å². The zero-order valence-electron chi connectivity index (χ0n) is 16.5. The maximum absolute atomic E-state index is 2.33. The van der Waals surface area contributed by atoms with Gasteiger partial charge in [-0.15, -0.1) is 0 Å². The van der Waals surface area contributed by atoms with Crippen molar-refractivity contribution in [3.63, 3.8) is 0 Å². The third-order valence-corrected chi connectivity index (χ3v) is 5.90. The van der Waals surface area contributed by atoms with E-state index in [-0.39, 0.29) is 0 Å². The summed E-state index contributed by atoms with van der Waals surface area (Å²) in [7, 11) is 0. The van der Waals surface area contributed by atoms with Gasteiger partial charge in [-0.05, 0) is 63.7 Å². The molecule has 0 amide bonds. The lowest BCUT2D eigenvalue weighted by Crippen LogP contribution is -2.10. The average molecular weight is 404 g/mol. The van der Waals surface area contributed by atoms with Crippen molar-refractivity contribution in [2.24, 2.45) is 0 Å². The van der Waals surface area contributed by atoms with Crippen LogP contribution in [-0.4, -0.2) is 0 Å². The minimum absolute atomic E-state index is 1.15. The van der Waals surface area contributed by atoms with Crippen LogP contribution in [0.3, 0.4) is 0 Å². The highest BCUT2D eigenvalue weighted by atomic mass is 32.1. The highest BCUT2D eigenvalue weighted by Gasteiger charge is 2.15. The van der Waals surface area contributed by atoms with Gasteiger partial charge in [-0.25, -0.2) is 0 Å². The minimum atomic E-state index is 1.15. The van der Waals surface area contributed by atoms with Gasteiger partial charge in [-0.3, -0.25) is 0 Å². The van der Waals surface area contributed by atoms with Gasteiger partial charge < -0.3 is 4.90 Å². The predicted molar refractivity (Wildman–Crippen MR) is 132 cm³/mol. The predicted octanol–water partition coefficient (Wildman–Crippen LogP) is 8.54. The molecule has 5 rings (SSSR count). The van der Waals surface area contributed by atoms with Crippen molar-refractivity contribution in [1.82, 2.24) is 0 Å². The SMILES string of the molecule is C(=Cc1ccc(N(c2ccccc2)c2ccccc2)c2ccccc12)c1ccsc1. The van der Waals surface area contributed by atoms with E-state index in [0.717, 1.165) is 11.4 Å². The summed E-state index contributed by atoms with van der Waals surface area (Å²) in [6, 6.07) is 36.4. The Kier molecular flexibility index (Phi) is 5.15. The zero-order valence-corrected chi connectivity index (χ0v) is 17.3. The molecule has 0 spiro atoms. The maximum Gasteiger partial charge on any atom is 0.0540 e. The second-order valence-electron chi connectivity index (χ2n) is 7.12. The van der Waals surface area contributed by atoms with E-state index < -0.39 is 0 Å². The Morgan fingerprint density at radius 1 is 0.567 bits per heavy atom. The van der Waals surface area contributed by atoms with E-state index in [9.17, 15) is 0 Å². The highest BCUT2D eigenvalue weighted by molar-refractivity contribution is 7.08. The number of benzene rings is 4. The molecule has 1 heterocycles. The summed E-state index contributed by atoms with van der Waals surface area (Å²) in [5.74, 6) is 0. The molecule has 0 bridgehead atoms. The van der Waals surface area contributed by atoms with Gasteiger partial charge in [0.25, 0.3) is 0 Å². The number of thiophene rings is 1. The number of para-hydroxylation sites is 2. The third kappa shape index (κ3) is 3.66. The number of fused-ring (bicyclic) bond motifs is 1. The molecule has 144 valence electrons. The van der Waals surface area contributed by atoms with Crippen LogP contribution < -0.4 is 4.90 Å². The van der Waals surface area contributed by atoms with Crippen molar-refractivity contribution in [2.75, 3.05) is 4.90 Å². The van der Waals surface area contributed by atoms with Crippen LogP contribution in [0, 0.1) is 0 Å². The van der Waals surface area contributed by atoms with Crippen LogP contribution in [0.5, 0.6) is 0 Å². The lowest BCUT2D eigenvalue weighted by molar-refractivity contribution is 1.30. The van der Waals surface area contributed by atoms with E-state index in [1.54, 1.807) is 11.3 Å². The van der Waals surface area contributed by atoms with E-state index in [4.69, 9.17) is 0 Å². The Bertz CT molecular complexity index is 1230. The number of rotatable bonds is 5. The second-order valence-corrected chi connectivity index (χ2v) is 7.90. The molecule has 0 aliphatic carbocycles. The molecule has 0 aliphatic heterocycles. The van der Waals surface area contributed by atoms with E-state index in [1.165, 1.54) is 27.6 Å². The van der Waals surface area contributed by atoms with Gasteiger partial charge in [-0.1, -0.05) is 78.9 Å². The number of hydrogen-bond acceptors (Lipinski definition) is 2. The highest BCUT2D eigenvalue weighted by Crippen LogP contribution is 2.39. The lowest BCUT2D eigenvalue weighted by atomic mass is 10.0. The normalized spacial score (nSPS) is 11.2. The fraction of sp³-hybridized carbons (Fsp3) is 0. The number of hydrogen-bond donors (Lipinski definition) is 0. The second kappa shape index (κ2) is 8.40.